The van der Waals surface area contributed by atoms with Crippen LogP contribution in [-0.2, 0) is 0 Å². The van der Waals surface area contributed by atoms with Crippen molar-refractivity contribution in [3.05, 3.63) is 24.0 Å². The van der Waals surface area contributed by atoms with Crippen LogP contribution in [0.5, 0.6) is 0 Å². The number of rotatable bonds is 1. The molecule has 0 aromatic carbocycles. The van der Waals surface area contributed by atoms with Gasteiger partial charge in [0.2, 0.25) is 0 Å². The van der Waals surface area contributed by atoms with Gasteiger partial charge in [-0.2, -0.15) is 0 Å². The van der Waals surface area contributed by atoms with Crippen molar-refractivity contribution in [3.63, 3.8) is 0 Å². The third kappa shape index (κ3) is 1.90. The first-order chi connectivity index (χ1) is 8.02. The quantitative estimate of drug-likeness (QED) is 0.749. The predicted molar refractivity (Wildman–Crippen MR) is 64.5 cm³/mol. The SMILES string of the molecule is CC.Cc1cncc(N2CC3(C2)CC3(F)F)c1. The molecule has 0 atom stereocenters. The second kappa shape index (κ2) is 3.93. The monoisotopic (exact) mass is 240 g/mol. The molecular weight excluding hydrogens is 222 g/mol. The molecule has 1 aliphatic carbocycles. The molecule has 4 heteroatoms. The molecule has 1 saturated heterocycles. The van der Waals surface area contributed by atoms with Gasteiger partial charge < -0.3 is 4.90 Å². The Labute approximate surface area is 101 Å². The van der Waals surface area contributed by atoms with Gasteiger partial charge in [-0.3, -0.25) is 4.98 Å². The highest BCUT2D eigenvalue weighted by Gasteiger charge is 2.75. The fourth-order valence-corrected chi connectivity index (χ4v) is 2.30. The van der Waals surface area contributed by atoms with Crippen LogP contribution in [0.15, 0.2) is 18.5 Å². The molecule has 2 fully saturated rings. The van der Waals surface area contributed by atoms with Gasteiger partial charge in [0.15, 0.2) is 0 Å². The average molecular weight is 240 g/mol. The van der Waals surface area contributed by atoms with Crippen LogP contribution in [0.1, 0.15) is 25.8 Å². The third-order valence-electron chi connectivity index (χ3n) is 3.42. The standard InChI is InChI=1S/C11H12F2N2.C2H6/c1-8-2-9(4-14-3-8)15-6-10(7-15)5-11(10,12)13;1-2/h2-4H,5-7H2,1H3;1-2H3. The highest BCUT2D eigenvalue weighted by molar-refractivity contribution is 5.51. The molecule has 0 N–H and O–H groups in total. The van der Waals surface area contributed by atoms with E-state index < -0.39 is 11.3 Å². The molecule has 1 aromatic heterocycles. The van der Waals surface area contributed by atoms with Gasteiger partial charge in [0.05, 0.1) is 17.3 Å². The van der Waals surface area contributed by atoms with Crippen LogP contribution in [0.4, 0.5) is 14.5 Å². The van der Waals surface area contributed by atoms with E-state index in [1.165, 1.54) is 0 Å². The van der Waals surface area contributed by atoms with Crippen molar-refractivity contribution in [3.8, 4) is 0 Å². The summed E-state index contributed by atoms with van der Waals surface area (Å²) in [5.74, 6) is -2.42. The summed E-state index contributed by atoms with van der Waals surface area (Å²) >= 11 is 0. The van der Waals surface area contributed by atoms with Crippen molar-refractivity contribution in [2.45, 2.75) is 33.1 Å². The highest BCUT2D eigenvalue weighted by atomic mass is 19.3. The van der Waals surface area contributed by atoms with Crippen molar-refractivity contribution >= 4 is 5.69 Å². The Bertz CT molecular complexity index is 412. The van der Waals surface area contributed by atoms with E-state index in [2.05, 4.69) is 4.98 Å². The van der Waals surface area contributed by atoms with E-state index in [9.17, 15) is 8.78 Å². The van der Waals surface area contributed by atoms with Crippen molar-refractivity contribution in [2.24, 2.45) is 5.41 Å². The van der Waals surface area contributed by atoms with Gasteiger partial charge in [-0.15, -0.1) is 0 Å². The predicted octanol–water partition coefficient (Wildman–Crippen LogP) is 3.26. The molecule has 1 aliphatic heterocycles. The van der Waals surface area contributed by atoms with Crippen molar-refractivity contribution < 1.29 is 8.78 Å². The molecule has 3 rings (SSSR count). The summed E-state index contributed by atoms with van der Waals surface area (Å²) in [7, 11) is 0. The fourth-order valence-electron chi connectivity index (χ4n) is 2.30. The van der Waals surface area contributed by atoms with E-state index in [1.807, 2.05) is 31.7 Å². The molecular formula is C13H18F2N2. The normalized spacial score (nSPS) is 22.5. The Balaban J connectivity index is 0.000000514. The summed E-state index contributed by atoms with van der Waals surface area (Å²) in [5.41, 5.74) is 1.33. The number of hydrogen-bond acceptors (Lipinski definition) is 2. The minimum absolute atomic E-state index is 0.0652. The van der Waals surface area contributed by atoms with Gasteiger partial charge in [0, 0.05) is 25.7 Å². The van der Waals surface area contributed by atoms with Gasteiger partial charge in [0.1, 0.15) is 0 Å². The molecule has 1 spiro atoms. The van der Waals surface area contributed by atoms with Crippen LogP contribution in [0.3, 0.4) is 0 Å². The Morgan fingerprint density at radius 1 is 1.24 bits per heavy atom. The van der Waals surface area contributed by atoms with Crippen molar-refractivity contribution in [1.82, 2.24) is 4.98 Å². The average Bonchev–Trinajstić information content (AvgIpc) is 2.83. The number of nitrogens with zero attached hydrogens (tertiary/aromatic N) is 2. The summed E-state index contributed by atoms with van der Waals surface area (Å²) in [6.07, 6.45) is 3.57. The number of aryl methyl sites for hydroxylation is 1. The Hall–Kier alpha value is -1.19. The first-order valence-corrected chi connectivity index (χ1v) is 6.07. The van der Waals surface area contributed by atoms with Crippen molar-refractivity contribution in [2.75, 3.05) is 18.0 Å². The first-order valence-electron chi connectivity index (χ1n) is 6.07. The van der Waals surface area contributed by atoms with E-state index in [4.69, 9.17) is 0 Å². The number of hydrogen-bond donors (Lipinski definition) is 0. The summed E-state index contributed by atoms with van der Waals surface area (Å²) in [6.45, 7) is 6.91. The van der Waals surface area contributed by atoms with E-state index >= 15 is 0 Å². The lowest BCUT2D eigenvalue weighted by Gasteiger charge is -2.41. The Morgan fingerprint density at radius 2 is 1.82 bits per heavy atom. The van der Waals surface area contributed by atoms with E-state index in [0.29, 0.717) is 13.1 Å². The maximum Gasteiger partial charge on any atom is 0.258 e. The smallest absolute Gasteiger partial charge is 0.258 e. The topological polar surface area (TPSA) is 16.1 Å². The van der Waals surface area contributed by atoms with Gasteiger partial charge >= 0.3 is 0 Å². The maximum atomic E-state index is 13.0. The lowest BCUT2D eigenvalue weighted by molar-refractivity contribution is 0.0520. The second-order valence-corrected chi connectivity index (χ2v) is 4.74. The molecule has 0 radical (unpaired) electrons. The number of alkyl halides is 2. The minimum Gasteiger partial charge on any atom is -0.369 e. The molecule has 0 unspecified atom stereocenters. The molecule has 2 heterocycles. The van der Waals surface area contributed by atoms with E-state index in [-0.39, 0.29) is 6.42 Å². The first kappa shape index (κ1) is 12.3. The largest absolute Gasteiger partial charge is 0.369 e. The lowest BCUT2D eigenvalue weighted by atomic mass is 9.95. The minimum atomic E-state index is -2.42. The Kier molecular flexibility index (Phi) is 2.84. The summed E-state index contributed by atoms with van der Waals surface area (Å²) in [5, 5.41) is 0. The number of anilines is 1. The second-order valence-electron chi connectivity index (χ2n) is 4.74. The van der Waals surface area contributed by atoms with Crippen LogP contribution in [0, 0.1) is 12.3 Å². The molecule has 94 valence electrons. The number of aromatic nitrogens is 1. The highest BCUT2D eigenvalue weighted by Crippen LogP contribution is 2.65. The molecule has 0 amide bonds. The van der Waals surface area contributed by atoms with Crippen LogP contribution in [0.25, 0.3) is 0 Å². The van der Waals surface area contributed by atoms with Gasteiger partial charge in [-0.25, -0.2) is 8.78 Å². The molecule has 0 bridgehead atoms. The zero-order valence-corrected chi connectivity index (χ0v) is 10.5. The lowest BCUT2D eigenvalue weighted by Crippen LogP contribution is -2.51. The van der Waals surface area contributed by atoms with E-state index in [1.54, 1.807) is 12.4 Å². The van der Waals surface area contributed by atoms with Gasteiger partial charge in [-0.05, 0) is 18.6 Å². The zero-order chi connectivity index (χ0) is 12.7. The number of halogens is 2. The van der Waals surface area contributed by atoms with Crippen LogP contribution >= 0.6 is 0 Å². The molecule has 1 aromatic rings. The van der Waals surface area contributed by atoms with Crippen LogP contribution in [-0.4, -0.2) is 24.0 Å². The van der Waals surface area contributed by atoms with Crippen LogP contribution in [0.2, 0.25) is 0 Å². The van der Waals surface area contributed by atoms with E-state index in [0.717, 1.165) is 11.3 Å². The Morgan fingerprint density at radius 3 is 2.29 bits per heavy atom. The molecule has 17 heavy (non-hydrogen) atoms. The summed E-state index contributed by atoms with van der Waals surface area (Å²) < 4.78 is 25.9. The molecule has 2 nitrogen and oxygen atoms in total. The molecule has 1 saturated carbocycles. The fraction of sp³-hybridized carbons (Fsp3) is 0.615. The van der Waals surface area contributed by atoms with Gasteiger partial charge in [0.25, 0.3) is 5.92 Å². The van der Waals surface area contributed by atoms with Crippen molar-refractivity contribution in [1.29, 1.82) is 0 Å². The summed E-state index contributed by atoms with van der Waals surface area (Å²) in [6, 6.07) is 1.99. The summed E-state index contributed by atoms with van der Waals surface area (Å²) in [4.78, 5) is 6.04. The van der Waals surface area contributed by atoms with Crippen LogP contribution < -0.4 is 4.90 Å². The third-order valence-corrected chi connectivity index (χ3v) is 3.42. The van der Waals surface area contributed by atoms with Gasteiger partial charge in [-0.1, -0.05) is 13.8 Å². The number of pyridine rings is 1. The maximum absolute atomic E-state index is 13.0. The molecule has 2 aliphatic rings. The zero-order valence-electron chi connectivity index (χ0n) is 10.5.